The van der Waals surface area contributed by atoms with E-state index in [-0.39, 0.29) is 23.4 Å². The second kappa shape index (κ2) is 8.65. The fourth-order valence-electron chi connectivity index (χ4n) is 5.65. The maximum atomic E-state index is 15.0. The molecule has 3 aliphatic heterocycles. The fourth-order valence-corrected chi connectivity index (χ4v) is 5.65. The van der Waals surface area contributed by atoms with Gasteiger partial charge in [-0.25, -0.2) is 9.37 Å². The summed E-state index contributed by atoms with van der Waals surface area (Å²) in [5, 5.41) is 22.7. The summed E-state index contributed by atoms with van der Waals surface area (Å²) in [5.41, 5.74) is 2.90. The van der Waals surface area contributed by atoms with E-state index >= 15 is 0 Å². The van der Waals surface area contributed by atoms with Gasteiger partial charge < -0.3 is 20.1 Å². The first-order chi connectivity index (χ1) is 17.3. The lowest BCUT2D eigenvalue weighted by Gasteiger charge is -2.38. The van der Waals surface area contributed by atoms with E-state index in [1.165, 1.54) is 0 Å². The first kappa shape index (κ1) is 23.1. The second-order valence-electron chi connectivity index (χ2n) is 10.8. The van der Waals surface area contributed by atoms with Crippen LogP contribution in [-0.2, 0) is 6.42 Å². The molecule has 0 unspecified atom stereocenters. The highest BCUT2D eigenvalue weighted by atomic mass is 19.1. The topological polar surface area (TPSA) is 96.3 Å². The van der Waals surface area contributed by atoms with Crippen LogP contribution in [0.15, 0.2) is 36.7 Å². The molecule has 6 rings (SSSR count). The van der Waals surface area contributed by atoms with Crippen LogP contribution in [0.25, 0.3) is 22.5 Å². The van der Waals surface area contributed by atoms with E-state index < -0.39 is 6.17 Å². The van der Waals surface area contributed by atoms with E-state index in [4.69, 9.17) is 4.74 Å². The van der Waals surface area contributed by atoms with Crippen LogP contribution in [0.1, 0.15) is 45.2 Å². The Hall–Kier alpha value is -3.33. The number of piperidine rings is 1. The van der Waals surface area contributed by atoms with Gasteiger partial charge in [0, 0.05) is 30.9 Å². The van der Waals surface area contributed by atoms with Crippen molar-refractivity contribution in [1.29, 1.82) is 0 Å². The minimum atomic E-state index is -0.957. The summed E-state index contributed by atoms with van der Waals surface area (Å²) in [6.45, 7) is 4.15. The molecule has 8 nitrogen and oxygen atoms in total. The number of benzene rings is 1. The molecule has 2 aromatic heterocycles. The maximum Gasteiger partial charge on any atom is 0.185 e. The van der Waals surface area contributed by atoms with E-state index in [2.05, 4.69) is 39.3 Å². The van der Waals surface area contributed by atoms with Gasteiger partial charge in [0.25, 0.3) is 0 Å². The molecule has 9 heteroatoms. The number of pyridine rings is 1. The van der Waals surface area contributed by atoms with Crippen LogP contribution >= 0.6 is 0 Å². The van der Waals surface area contributed by atoms with Gasteiger partial charge in [0.15, 0.2) is 11.6 Å². The van der Waals surface area contributed by atoms with Crippen molar-refractivity contribution in [3.05, 3.63) is 42.4 Å². The Morgan fingerprint density at radius 2 is 1.97 bits per heavy atom. The van der Waals surface area contributed by atoms with Crippen molar-refractivity contribution in [2.75, 3.05) is 11.9 Å². The Bertz CT molecular complexity index is 1280. The molecule has 36 heavy (non-hydrogen) atoms. The zero-order chi connectivity index (χ0) is 25.0. The van der Waals surface area contributed by atoms with Crippen molar-refractivity contribution in [3.8, 4) is 34.0 Å². The molecule has 2 bridgehead atoms. The van der Waals surface area contributed by atoms with E-state index in [0.717, 1.165) is 54.7 Å². The molecule has 2 N–H and O–H groups in total. The lowest BCUT2D eigenvalue weighted by molar-refractivity contribution is 0.0831. The van der Waals surface area contributed by atoms with E-state index in [1.807, 2.05) is 30.3 Å². The number of aromatic hydroxyl groups is 1. The summed E-state index contributed by atoms with van der Waals surface area (Å²) in [4.78, 5) is 10.9. The molecule has 2 fully saturated rings. The molecule has 3 aliphatic rings. The number of fused-ring (bicyclic) bond motifs is 3. The van der Waals surface area contributed by atoms with Crippen LogP contribution in [0, 0.1) is 0 Å². The Kier molecular flexibility index (Phi) is 5.55. The molecule has 0 saturated carbocycles. The SMILES string of the molecule is CN(c1cnc(-c2ccc(-c3cnc4c(c3)OC(C)(C)CC4)cc2O)nn1)[C@@H]1C[C@H]2CC[C@@H](N2)[C@@H]1F. The van der Waals surface area contributed by atoms with Crippen molar-refractivity contribution in [2.24, 2.45) is 0 Å². The maximum absolute atomic E-state index is 15.0. The number of hydrogen-bond donors (Lipinski definition) is 2. The van der Waals surface area contributed by atoms with Crippen LogP contribution in [0.5, 0.6) is 11.5 Å². The largest absolute Gasteiger partial charge is 0.507 e. The summed E-state index contributed by atoms with van der Waals surface area (Å²) < 4.78 is 21.1. The van der Waals surface area contributed by atoms with Crippen molar-refractivity contribution in [2.45, 2.75) is 75.8 Å². The molecule has 2 saturated heterocycles. The van der Waals surface area contributed by atoms with Gasteiger partial charge >= 0.3 is 0 Å². The number of halogens is 1. The Labute approximate surface area is 210 Å². The predicted molar refractivity (Wildman–Crippen MR) is 135 cm³/mol. The number of nitrogens with one attached hydrogen (secondary N) is 1. The normalized spacial score (nSPS) is 26.2. The molecule has 1 aromatic carbocycles. The number of phenolic OH excluding ortho intramolecular Hbond substituents is 1. The second-order valence-corrected chi connectivity index (χ2v) is 10.8. The third-order valence-corrected chi connectivity index (χ3v) is 7.81. The molecule has 5 heterocycles. The molecule has 0 spiro atoms. The molecule has 0 amide bonds. The standard InChI is InChI=1S/C27H31FN6O2/c1-27(2)9-8-19-23(36-27)11-16(13-29-19)15-4-6-18(22(35)10-15)26-30-14-24(32-33-26)34(3)21-12-17-5-7-20(31-17)25(21)28/h4,6,10-11,13-14,17,20-21,25,31,35H,5,7-9,12H2,1-3H3/t17-,20-,21-,25+/m1/s1. The van der Waals surface area contributed by atoms with Crippen molar-refractivity contribution in [3.63, 3.8) is 0 Å². The highest BCUT2D eigenvalue weighted by Crippen LogP contribution is 2.37. The van der Waals surface area contributed by atoms with E-state index in [0.29, 0.717) is 23.2 Å². The van der Waals surface area contributed by atoms with Crippen LogP contribution in [0.4, 0.5) is 10.2 Å². The van der Waals surface area contributed by atoms with Crippen LogP contribution < -0.4 is 15.0 Å². The summed E-state index contributed by atoms with van der Waals surface area (Å²) >= 11 is 0. The van der Waals surface area contributed by atoms with Gasteiger partial charge in [-0.05, 0) is 69.7 Å². The predicted octanol–water partition coefficient (Wildman–Crippen LogP) is 4.08. The third kappa shape index (κ3) is 4.15. The monoisotopic (exact) mass is 490 g/mol. The van der Waals surface area contributed by atoms with E-state index in [9.17, 15) is 9.50 Å². The number of phenols is 1. The van der Waals surface area contributed by atoms with Gasteiger partial charge in [0.05, 0.1) is 23.5 Å². The van der Waals surface area contributed by atoms with Crippen LogP contribution in [0.3, 0.4) is 0 Å². The first-order valence-corrected chi connectivity index (χ1v) is 12.6. The van der Waals surface area contributed by atoms with Gasteiger partial charge in [0.1, 0.15) is 23.3 Å². The van der Waals surface area contributed by atoms with Crippen molar-refractivity contribution < 1.29 is 14.2 Å². The first-order valence-electron chi connectivity index (χ1n) is 12.6. The lowest BCUT2D eigenvalue weighted by atomic mass is 9.96. The number of aryl methyl sites for hydroxylation is 1. The van der Waals surface area contributed by atoms with Crippen LogP contribution in [-0.4, -0.2) is 62.2 Å². The Morgan fingerprint density at radius 3 is 2.75 bits per heavy atom. The van der Waals surface area contributed by atoms with Gasteiger partial charge in [-0.2, -0.15) is 0 Å². The van der Waals surface area contributed by atoms with Crippen LogP contribution in [0.2, 0.25) is 0 Å². The molecular weight excluding hydrogens is 459 g/mol. The van der Waals surface area contributed by atoms with Gasteiger partial charge in [-0.15, -0.1) is 10.2 Å². The van der Waals surface area contributed by atoms with E-state index in [1.54, 1.807) is 18.3 Å². The Morgan fingerprint density at radius 1 is 1.11 bits per heavy atom. The number of anilines is 1. The van der Waals surface area contributed by atoms with Crippen molar-refractivity contribution in [1.82, 2.24) is 25.5 Å². The number of hydrogen-bond acceptors (Lipinski definition) is 8. The third-order valence-electron chi connectivity index (χ3n) is 7.81. The molecule has 4 atom stereocenters. The van der Waals surface area contributed by atoms with Gasteiger partial charge in [-0.3, -0.25) is 4.98 Å². The molecule has 3 aromatic rings. The summed E-state index contributed by atoms with van der Waals surface area (Å²) in [7, 11) is 1.84. The molecular formula is C27H31FN6O2. The minimum Gasteiger partial charge on any atom is -0.507 e. The number of alkyl halides is 1. The van der Waals surface area contributed by atoms with Gasteiger partial charge in [0.2, 0.25) is 0 Å². The zero-order valence-electron chi connectivity index (χ0n) is 20.8. The summed E-state index contributed by atoms with van der Waals surface area (Å²) in [5.74, 6) is 1.67. The lowest BCUT2D eigenvalue weighted by Crippen LogP contribution is -2.55. The molecule has 188 valence electrons. The zero-order valence-corrected chi connectivity index (χ0v) is 20.8. The molecule has 0 radical (unpaired) electrons. The van der Waals surface area contributed by atoms with Gasteiger partial charge in [-0.1, -0.05) is 6.07 Å². The smallest absolute Gasteiger partial charge is 0.185 e. The minimum absolute atomic E-state index is 0.0492. The highest BCUT2D eigenvalue weighted by molar-refractivity contribution is 5.73. The Balaban J connectivity index is 1.21. The number of nitrogens with zero attached hydrogens (tertiary/aromatic N) is 5. The fraction of sp³-hybridized carbons (Fsp3) is 0.481. The number of ether oxygens (including phenoxy) is 1. The average molecular weight is 491 g/mol. The van der Waals surface area contributed by atoms with Crippen molar-refractivity contribution >= 4 is 5.82 Å². The number of rotatable bonds is 4. The highest BCUT2D eigenvalue weighted by Gasteiger charge is 2.44. The quantitative estimate of drug-likeness (QED) is 0.565. The average Bonchev–Trinajstić information content (AvgIpc) is 3.28. The summed E-state index contributed by atoms with van der Waals surface area (Å²) in [6, 6.07) is 7.34. The number of aromatic nitrogens is 4. The molecule has 0 aliphatic carbocycles. The summed E-state index contributed by atoms with van der Waals surface area (Å²) in [6.07, 6.45) is 6.88.